The van der Waals surface area contributed by atoms with E-state index < -0.39 is 0 Å². The van der Waals surface area contributed by atoms with Crippen molar-refractivity contribution in [3.63, 3.8) is 0 Å². The Hall–Kier alpha value is -0.910. The van der Waals surface area contributed by atoms with E-state index >= 15 is 0 Å². The summed E-state index contributed by atoms with van der Waals surface area (Å²) >= 11 is 7.82. The maximum absolute atomic E-state index is 3.62. The topological polar surface area (TPSA) is 0 Å². The molecular formula is C18H10BrIS. The lowest BCUT2D eigenvalue weighted by Crippen LogP contribution is -1.80. The summed E-state index contributed by atoms with van der Waals surface area (Å²) < 4.78 is 5.09. The highest BCUT2D eigenvalue weighted by molar-refractivity contribution is 14.1. The van der Waals surface area contributed by atoms with Gasteiger partial charge in [-0.1, -0.05) is 36.4 Å². The molecule has 0 N–H and O–H groups in total. The number of benzene rings is 3. The minimum absolute atomic E-state index is 1.15. The molecule has 1 aromatic heterocycles. The first-order chi connectivity index (χ1) is 10.2. The van der Waals surface area contributed by atoms with Gasteiger partial charge in [-0.05, 0) is 73.9 Å². The molecule has 4 rings (SSSR count). The van der Waals surface area contributed by atoms with Gasteiger partial charge in [0.25, 0.3) is 0 Å². The van der Waals surface area contributed by atoms with Gasteiger partial charge < -0.3 is 0 Å². The normalized spacial score (nSPS) is 11.3. The number of hydrogen-bond acceptors (Lipinski definition) is 1. The van der Waals surface area contributed by atoms with Crippen LogP contribution in [0.15, 0.2) is 65.1 Å². The van der Waals surface area contributed by atoms with Crippen molar-refractivity contribution in [2.75, 3.05) is 0 Å². The zero-order valence-corrected chi connectivity index (χ0v) is 15.5. The third-order valence-corrected chi connectivity index (χ3v) is 7.10. The highest BCUT2D eigenvalue weighted by atomic mass is 127. The molecule has 102 valence electrons. The second-order valence-corrected chi connectivity index (χ2v) is 8.04. The largest absolute Gasteiger partial charge is 0.135 e. The molecule has 0 atom stereocenters. The third-order valence-electron chi connectivity index (χ3n) is 3.63. The predicted molar refractivity (Wildman–Crippen MR) is 105 cm³/mol. The van der Waals surface area contributed by atoms with Crippen LogP contribution in [0.2, 0.25) is 0 Å². The fraction of sp³-hybridized carbons (Fsp3) is 0. The van der Waals surface area contributed by atoms with E-state index in [9.17, 15) is 0 Å². The highest BCUT2D eigenvalue weighted by Gasteiger charge is 2.07. The Morgan fingerprint density at radius 3 is 2.33 bits per heavy atom. The van der Waals surface area contributed by atoms with Crippen LogP contribution in [-0.2, 0) is 0 Å². The number of halogens is 2. The molecule has 0 bridgehead atoms. The molecule has 1 heterocycles. The van der Waals surface area contributed by atoms with Gasteiger partial charge in [-0.2, -0.15) is 0 Å². The van der Waals surface area contributed by atoms with Gasteiger partial charge in [-0.25, -0.2) is 0 Å². The molecular weight excluding hydrogens is 455 g/mol. The first-order valence-electron chi connectivity index (χ1n) is 6.59. The van der Waals surface area contributed by atoms with E-state index in [1.807, 2.05) is 11.3 Å². The summed E-state index contributed by atoms with van der Waals surface area (Å²) in [5, 5.41) is 2.71. The highest BCUT2D eigenvalue weighted by Crippen LogP contribution is 2.36. The van der Waals surface area contributed by atoms with Crippen LogP contribution in [0, 0.1) is 3.57 Å². The third kappa shape index (κ3) is 2.41. The molecule has 0 spiro atoms. The summed E-state index contributed by atoms with van der Waals surface area (Å²) in [7, 11) is 0. The zero-order chi connectivity index (χ0) is 14.4. The second-order valence-electron chi connectivity index (χ2n) is 4.94. The maximum Gasteiger partial charge on any atom is 0.0361 e. The lowest BCUT2D eigenvalue weighted by atomic mass is 10.0. The van der Waals surface area contributed by atoms with Crippen LogP contribution in [0.1, 0.15) is 0 Å². The van der Waals surface area contributed by atoms with Crippen molar-refractivity contribution in [3.05, 3.63) is 68.7 Å². The molecule has 3 aromatic carbocycles. The van der Waals surface area contributed by atoms with E-state index in [-0.39, 0.29) is 0 Å². The molecule has 4 aromatic rings. The molecule has 0 saturated heterocycles. The Balaban J connectivity index is 1.94. The Morgan fingerprint density at radius 2 is 1.48 bits per heavy atom. The summed E-state index contributed by atoms with van der Waals surface area (Å²) in [6.45, 7) is 0. The summed E-state index contributed by atoms with van der Waals surface area (Å²) in [6.07, 6.45) is 0. The number of rotatable bonds is 1. The second kappa shape index (κ2) is 5.38. The molecule has 0 aliphatic heterocycles. The molecule has 3 heteroatoms. The lowest BCUT2D eigenvalue weighted by Gasteiger charge is -2.04. The molecule has 0 amide bonds. The van der Waals surface area contributed by atoms with Crippen molar-refractivity contribution in [2.45, 2.75) is 0 Å². The summed E-state index contributed by atoms with van der Waals surface area (Å²) in [5.41, 5.74) is 2.52. The van der Waals surface area contributed by atoms with Gasteiger partial charge in [-0.15, -0.1) is 11.3 Å². The minimum Gasteiger partial charge on any atom is -0.135 e. The minimum atomic E-state index is 1.15. The van der Waals surface area contributed by atoms with Crippen LogP contribution < -0.4 is 0 Å². The van der Waals surface area contributed by atoms with Gasteiger partial charge >= 0.3 is 0 Å². The standard InChI is InChI=1S/C18H10BrIS/c19-15-9-11(6-8-16(15)20)12-5-7-14-13-3-1-2-4-17(13)21-18(14)10-12/h1-10H. The van der Waals surface area contributed by atoms with Crippen LogP contribution in [0.3, 0.4) is 0 Å². The maximum atomic E-state index is 3.62. The molecule has 0 aliphatic rings. The van der Waals surface area contributed by atoms with E-state index in [1.54, 1.807) is 0 Å². The first kappa shape index (κ1) is 13.7. The summed E-state index contributed by atoms with van der Waals surface area (Å²) in [4.78, 5) is 0. The molecule has 0 saturated carbocycles. The van der Waals surface area contributed by atoms with Crippen molar-refractivity contribution in [3.8, 4) is 11.1 Å². The smallest absolute Gasteiger partial charge is 0.0361 e. The van der Waals surface area contributed by atoms with Gasteiger partial charge in [0.05, 0.1) is 0 Å². The molecule has 0 unspecified atom stereocenters. The number of thiophene rings is 1. The van der Waals surface area contributed by atoms with E-state index in [2.05, 4.69) is 99.2 Å². The van der Waals surface area contributed by atoms with Crippen LogP contribution in [0.25, 0.3) is 31.3 Å². The van der Waals surface area contributed by atoms with Crippen LogP contribution in [0.4, 0.5) is 0 Å². The zero-order valence-electron chi connectivity index (χ0n) is 10.9. The van der Waals surface area contributed by atoms with Crippen LogP contribution >= 0.6 is 49.9 Å². The summed E-state index contributed by atoms with van der Waals surface area (Å²) in [6, 6.07) is 21.9. The Labute approximate surface area is 149 Å². The van der Waals surface area contributed by atoms with Gasteiger partial charge in [0.2, 0.25) is 0 Å². The van der Waals surface area contributed by atoms with Crippen LogP contribution in [0.5, 0.6) is 0 Å². The average molecular weight is 465 g/mol. The van der Waals surface area contributed by atoms with Gasteiger partial charge in [0.1, 0.15) is 0 Å². The van der Waals surface area contributed by atoms with Crippen molar-refractivity contribution in [1.82, 2.24) is 0 Å². The van der Waals surface area contributed by atoms with Crippen molar-refractivity contribution < 1.29 is 0 Å². The van der Waals surface area contributed by atoms with Gasteiger partial charge in [0, 0.05) is 28.2 Å². The van der Waals surface area contributed by atoms with Crippen molar-refractivity contribution >= 4 is 70.0 Å². The van der Waals surface area contributed by atoms with Crippen LogP contribution in [-0.4, -0.2) is 0 Å². The molecule has 21 heavy (non-hydrogen) atoms. The summed E-state index contributed by atoms with van der Waals surface area (Å²) in [5.74, 6) is 0. The fourth-order valence-electron chi connectivity index (χ4n) is 2.58. The molecule has 0 radical (unpaired) electrons. The predicted octanol–water partition coefficient (Wildman–Crippen LogP) is 7.09. The fourth-order valence-corrected chi connectivity index (χ4v) is 4.44. The molecule has 0 aliphatic carbocycles. The SMILES string of the molecule is Brc1cc(-c2ccc3c(c2)sc2ccccc23)ccc1I. The lowest BCUT2D eigenvalue weighted by molar-refractivity contribution is 1.57. The monoisotopic (exact) mass is 464 g/mol. The van der Waals surface area contributed by atoms with E-state index in [0.717, 1.165) is 4.47 Å². The van der Waals surface area contributed by atoms with Crippen molar-refractivity contribution in [1.29, 1.82) is 0 Å². The number of hydrogen-bond donors (Lipinski definition) is 0. The molecule has 0 fully saturated rings. The Morgan fingerprint density at radius 1 is 0.762 bits per heavy atom. The van der Waals surface area contributed by atoms with Gasteiger partial charge in [-0.3, -0.25) is 0 Å². The Kier molecular flexibility index (Phi) is 3.52. The van der Waals surface area contributed by atoms with Crippen molar-refractivity contribution in [2.24, 2.45) is 0 Å². The first-order valence-corrected chi connectivity index (χ1v) is 9.28. The van der Waals surface area contributed by atoms with E-state index in [0.29, 0.717) is 0 Å². The quantitative estimate of drug-likeness (QED) is 0.264. The van der Waals surface area contributed by atoms with E-state index in [1.165, 1.54) is 34.9 Å². The number of fused-ring (bicyclic) bond motifs is 3. The molecule has 0 nitrogen and oxygen atoms in total. The van der Waals surface area contributed by atoms with Gasteiger partial charge in [0.15, 0.2) is 0 Å². The average Bonchev–Trinajstić information content (AvgIpc) is 2.87. The Bertz CT molecular complexity index is 971. The van der Waals surface area contributed by atoms with E-state index in [4.69, 9.17) is 0 Å².